The van der Waals surface area contributed by atoms with Crippen LogP contribution >= 0.6 is 0 Å². The first-order valence-electron chi connectivity index (χ1n) is 7.71. The summed E-state index contributed by atoms with van der Waals surface area (Å²) >= 11 is 0. The maximum atomic E-state index is 5.81. The van der Waals surface area contributed by atoms with Crippen LogP contribution in [0.25, 0.3) is 0 Å². The molecule has 1 aromatic carbocycles. The predicted molar refractivity (Wildman–Crippen MR) is 83.2 cm³/mol. The summed E-state index contributed by atoms with van der Waals surface area (Å²) in [7, 11) is 2.30. The largest absolute Gasteiger partial charge is 0.399 e. The van der Waals surface area contributed by atoms with E-state index < -0.39 is 0 Å². The molecule has 1 aliphatic carbocycles. The predicted octanol–water partition coefficient (Wildman–Crippen LogP) is 3.71. The molecule has 0 amide bonds. The standard InChI is InChI=1S/C17H28N2/c1-14-7-3-4-11-17(14)19(2)12-6-9-15-8-5-10-16(18)13-15/h5,8,10,13-14,17H,3-4,6-7,9,11-12,18H2,1-2H3. The molecule has 0 spiro atoms. The Kier molecular flexibility index (Phi) is 5.26. The maximum absolute atomic E-state index is 5.81. The van der Waals surface area contributed by atoms with Gasteiger partial charge in [0, 0.05) is 11.7 Å². The smallest absolute Gasteiger partial charge is 0.0316 e. The van der Waals surface area contributed by atoms with E-state index in [9.17, 15) is 0 Å². The lowest BCUT2D eigenvalue weighted by atomic mass is 9.85. The van der Waals surface area contributed by atoms with Gasteiger partial charge in [0.15, 0.2) is 0 Å². The Morgan fingerprint density at radius 3 is 2.79 bits per heavy atom. The van der Waals surface area contributed by atoms with Gasteiger partial charge < -0.3 is 10.6 Å². The van der Waals surface area contributed by atoms with Crippen molar-refractivity contribution in [2.24, 2.45) is 5.92 Å². The van der Waals surface area contributed by atoms with Crippen LogP contribution in [0.3, 0.4) is 0 Å². The summed E-state index contributed by atoms with van der Waals surface area (Å²) < 4.78 is 0. The highest BCUT2D eigenvalue weighted by Gasteiger charge is 2.24. The average molecular weight is 260 g/mol. The fraction of sp³-hybridized carbons (Fsp3) is 0.647. The zero-order chi connectivity index (χ0) is 13.7. The number of anilines is 1. The second kappa shape index (κ2) is 6.95. The average Bonchev–Trinajstić information content (AvgIpc) is 2.39. The van der Waals surface area contributed by atoms with Crippen molar-refractivity contribution in [3.8, 4) is 0 Å². The van der Waals surface area contributed by atoms with Crippen molar-refractivity contribution < 1.29 is 0 Å². The van der Waals surface area contributed by atoms with E-state index in [1.54, 1.807) is 0 Å². The van der Waals surface area contributed by atoms with Crippen LogP contribution in [0.15, 0.2) is 24.3 Å². The van der Waals surface area contributed by atoms with Crippen molar-refractivity contribution in [2.75, 3.05) is 19.3 Å². The van der Waals surface area contributed by atoms with Crippen LogP contribution in [-0.2, 0) is 6.42 Å². The van der Waals surface area contributed by atoms with E-state index in [4.69, 9.17) is 5.73 Å². The summed E-state index contributed by atoms with van der Waals surface area (Å²) in [6, 6.07) is 9.09. The molecule has 2 nitrogen and oxygen atoms in total. The number of nitrogens with zero attached hydrogens (tertiary/aromatic N) is 1. The number of nitrogens with two attached hydrogens (primary N) is 1. The van der Waals surface area contributed by atoms with Gasteiger partial charge in [-0.2, -0.15) is 0 Å². The van der Waals surface area contributed by atoms with Gasteiger partial charge in [-0.15, -0.1) is 0 Å². The minimum atomic E-state index is 0.801. The number of nitrogen functional groups attached to an aromatic ring is 1. The second-order valence-corrected chi connectivity index (χ2v) is 6.16. The van der Waals surface area contributed by atoms with Crippen molar-refractivity contribution in [3.05, 3.63) is 29.8 Å². The SMILES string of the molecule is CC1CCCCC1N(C)CCCc1cccc(N)c1. The van der Waals surface area contributed by atoms with Gasteiger partial charge >= 0.3 is 0 Å². The van der Waals surface area contributed by atoms with Gasteiger partial charge in [-0.3, -0.25) is 0 Å². The van der Waals surface area contributed by atoms with Gasteiger partial charge in [0.2, 0.25) is 0 Å². The zero-order valence-corrected chi connectivity index (χ0v) is 12.4. The second-order valence-electron chi connectivity index (χ2n) is 6.16. The van der Waals surface area contributed by atoms with Crippen LogP contribution in [0.1, 0.15) is 44.6 Å². The molecule has 0 saturated heterocycles. The molecule has 106 valence electrons. The molecule has 2 rings (SSSR count). The molecular weight excluding hydrogens is 232 g/mol. The molecular formula is C17H28N2. The van der Waals surface area contributed by atoms with Crippen molar-refractivity contribution in [2.45, 2.75) is 51.5 Å². The summed E-state index contributed by atoms with van der Waals surface area (Å²) in [6.07, 6.45) is 7.99. The molecule has 0 aliphatic heterocycles. The minimum absolute atomic E-state index is 0.801. The Hall–Kier alpha value is -1.02. The summed E-state index contributed by atoms with van der Waals surface area (Å²) in [5, 5.41) is 0. The summed E-state index contributed by atoms with van der Waals surface area (Å²) in [6.45, 7) is 3.61. The lowest BCUT2D eigenvalue weighted by Crippen LogP contribution is -2.39. The molecule has 2 unspecified atom stereocenters. The highest BCUT2D eigenvalue weighted by molar-refractivity contribution is 5.40. The lowest BCUT2D eigenvalue weighted by molar-refractivity contribution is 0.138. The molecule has 1 saturated carbocycles. The number of benzene rings is 1. The normalized spacial score (nSPS) is 23.7. The molecule has 0 bridgehead atoms. The molecule has 1 aromatic rings. The van der Waals surface area contributed by atoms with Gasteiger partial charge in [-0.25, -0.2) is 0 Å². The van der Waals surface area contributed by atoms with Gasteiger partial charge in [-0.1, -0.05) is 31.9 Å². The Labute approximate surface area is 118 Å². The van der Waals surface area contributed by atoms with E-state index in [1.807, 2.05) is 6.07 Å². The van der Waals surface area contributed by atoms with Crippen molar-refractivity contribution in [1.29, 1.82) is 0 Å². The number of hydrogen-bond acceptors (Lipinski definition) is 2. The van der Waals surface area contributed by atoms with Gasteiger partial charge in [0.1, 0.15) is 0 Å². The molecule has 0 heterocycles. The summed E-state index contributed by atoms with van der Waals surface area (Å²) in [4.78, 5) is 2.58. The van der Waals surface area contributed by atoms with Crippen LogP contribution in [0.4, 0.5) is 5.69 Å². The fourth-order valence-corrected chi connectivity index (χ4v) is 3.40. The lowest BCUT2D eigenvalue weighted by Gasteiger charge is -2.36. The van der Waals surface area contributed by atoms with Gasteiger partial charge in [-0.05, 0) is 62.9 Å². The third kappa shape index (κ3) is 4.24. The van der Waals surface area contributed by atoms with Crippen LogP contribution < -0.4 is 5.73 Å². The van der Waals surface area contributed by atoms with E-state index in [1.165, 1.54) is 44.2 Å². The molecule has 2 heteroatoms. The minimum Gasteiger partial charge on any atom is -0.399 e. The number of rotatable bonds is 5. The Morgan fingerprint density at radius 2 is 2.05 bits per heavy atom. The van der Waals surface area contributed by atoms with E-state index in [0.717, 1.165) is 24.1 Å². The quantitative estimate of drug-likeness (QED) is 0.818. The van der Waals surface area contributed by atoms with E-state index in [0.29, 0.717) is 0 Å². The summed E-state index contributed by atoms with van der Waals surface area (Å²) in [5.41, 5.74) is 8.06. The van der Waals surface area contributed by atoms with Crippen molar-refractivity contribution in [3.63, 3.8) is 0 Å². The van der Waals surface area contributed by atoms with Crippen molar-refractivity contribution >= 4 is 5.69 Å². The Bertz CT molecular complexity index is 389. The molecule has 0 radical (unpaired) electrons. The molecule has 1 aliphatic rings. The third-order valence-corrected chi connectivity index (χ3v) is 4.56. The first-order valence-corrected chi connectivity index (χ1v) is 7.71. The van der Waals surface area contributed by atoms with E-state index in [2.05, 4.69) is 37.1 Å². The first-order chi connectivity index (χ1) is 9.16. The highest BCUT2D eigenvalue weighted by Crippen LogP contribution is 2.27. The molecule has 2 atom stereocenters. The Balaban J connectivity index is 1.75. The van der Waals surface area contributed by atoms with E-state index >= 15 is 0 Å². The van der Waals surface area contributed by atoms with Gasteiger partial charge in [0.05, 0.1) is 0 Å². The van der Waals surface area contributed by atoms with Crippen LogP contribution in [-0.4, -0.2) is 24.5 Å². The number of hydrogen-bond donors (Lipinski definition) is 1. The number of aryl methyl sites for hydroxylation is 1. The maximum Gasteiger partial charge on any atom is 0.0316 e. The fourth-order valence-electron chi connectivity index (χ4n) is 3.40. The zero-order valence-electron chi connectivity index (χ0n) is 12.4. The first kappa shape index (κ1) is 14.4. The van der Waals surface area contributed by atoms with Crippen LogP contribution in [0, 0.1) is 5.92 Å². The topological polar surface area (TPSA) is 29.3 Å². The molecule has 19 heavy (non-hydrogen) atoms. The Morgan fingerprint density at radius 1 is 1.26 bits per heavy atom. The highest BCUT2D eigenvalue weighted by atomic mass is 15.1. The molecule has 0 aromatic heterocycles. The monoisotopic (exact) mass is 260 g/mol. The molecule has 2 N–H and O–H groups in total. The van der Waals surface area contributed by atoms with Gasteiger partial charge in [0.25, 0.3) is 0 Å². The van der Waals surface area contributed by atoms with Crippen LogP contribution in [0.2, 0.25) is 0 Å². The van der Waals surface area contributed by atoms with Crippen molar-refractivity contribution in [1.82, 2.24) is 4.90 Å². The third-order valence-electron chi connectivity index (χ3n) is 4.56. The van der Waals surface area contributed by atoms with Crippen LogP contribution in [0.5, 0.6) is 0 Å². The summed E-state index contributed by atoms with van der Waals surface area (Å²) in [5.74, 6) is 0.867. The van der Waals surface area contributed by atoms with E-state index in [-0.39, 0.29) is 0 Å². The molecule has 1 fully saturated rings.